The molecule has 0 aromatic heterocycles. The minimum atomic E-state index is -0.152. The quantitative estimate of drug-likeness (QED) is 0.853. The highest BCUT2D eigenvalue weighted by atomic mass is 35.5. The normalized spacial score (nSPS) is 22.2. The summed E-state index contributed by atoms with van der Waals surface area (Å²) < 4.78 is 15.8. The number of carbonyl (C=O) groups excluding carboxylic acids is 1. The third-order valence-electron chi connectivity index (χ3n) is 3.97. The molecule has 1 fully saturated rings. The molecule has 0 spiro atoms. The number of ether oxygens (including phenoxy) is 3. The number of fused-ring (bicyclic) bond motifs is 1. The molecule has 1 atom stereocenters. The Bertz CT molecular complexity index is 532. The van der Waals surface area contributed by atoms with Gasteiger partial charge >= 0.3 is 0 Å². The van der Waals surface area contributed by atoms with Crippen LogP contribution in [0.1, 0.15) is 23.2 Å². The monoisotopic (exact) mass is 328 g/mol. The van der Waals surface area contributed by atoms with E-state index in [4.69, 9.17) is 14.2 Å². The van der Waals surface area contributed by atoms with E-state index in [9.17, 15) is 4.79 Å². The van der Waals surface area contributed by atoms with Gasteiger partial charge in [-0.05, 0) is 37.6 Å². The van der Waals surface area contributed by atoms with Crippen LogP contribution in [0.4, 0.5) is 0 Å². The SMILES string of the molecule is COCC1(CNC(=O)c2ccc3c(c2)OCO3)CCCN1.Cl. The van der Waals surface area contributed by atoms with Crippen molar-refractivity contribution in [2.75, 3.05) is 33.6 Å². The number of halogens is 1. The smallest absolute Gasteiger partial charge is 0.251 e. The van der Waals surface area contributed by atoms with E-state index in [0.29, 0.717) is 30.2 Å². The van der Waals surface area contributed by atoms with Crippen molar-refractivity contribution in [2.45, 2.75) is 18.4 Å². The lowest BCUT2D eigenvalue weighted by molar-refractivity contribution is 0.0892. The lowest BCUT2D eigenvalue weighted by atomic mass is 9.98. The van der Waals surface area contributed by atoms with E-state index in [1.165, 1.54) is 0 Å². The summed E-state index contributed by atoms with van der Waals surface area (Å²) >= 11 is 0. The largest absolute Gasteiger partial charge is 0.454 e. The van der Waals surface area contributed by atoms with Crippen LogP contribution in [0.5, 0.6) is 11.5 Å². The standard InChI is InChI=1S/C15H20N2O4.ClH/c1-19-9-15(5-2-6-17-15)8-16-14(18)11-3-4-12-13(7-11)21-10-20-12;/h3-4,7,17H,2,5-6,8-10H2,1H3,(H,16,18);1H. The highest BCUT2D eigenvalue weighted by Gasteiger charge is 2.33. The van der Waals surface area contributed by atoms with Crippen molar-refractivity contribution in [3.8, 4) is 11.5 Å². The Kier molecular flexibility index (Phi) is 5.50. The minimum absolute atomic E-state index is 0. The van der Waals surface area contributed by atoms with Crippen LogP contribution < -0.4 is 20.1 Å². The predicted octanol–water partition coefficient (Wildman–Crippen LogP) is 1.34. The Morgan fingerprint density at radius 2 is 2.23 bits per heavy atom. The van der Waals surface area contributed by atoms with Gasteiger partial charge in [-0.2, -0.15) is 0 Å². The van der Waals surface area contributed by atoms with Crippen molar-refractivity contribution in [3.63, 3.8) is 0 Å². The molecule has 3 rings (SSSR count). The zero-order valence-corrected chi connectivity index (χ0v) is 13.3. The minimum Gasteiger partial charge on any atom is -0.454 e. The zero-order chi connectivity index (χ0) is 14.7. The van der Waals surface area contributed by atoms with Crippen LogP contribution in [0.15, 0.2) is 18.2 Å². The van der Waals surface area contributed by atoms with Crippen LogP contribution >= 0.6 is 12.4 Å². The molecule has 22 heavy (non-hydrogen) atoms. The van der Waals surface area contributed by atoms with Crippen LogP contribution in [0, 0.1) is 0 Å². The van der Waals surface area contributed by atoms with E-state index in [1.54, 1.807) is 25.3 Å². The van der Waals surface area contributed by atoms with E-state index in [2.05, 4.69) is 10.6 Å². The van der Waals surface area contributed by atoms with Crippen LogP contribution in [0.3, 0.4) is 0 Å². The average Bonchev–Trinajstić information content (AvgIpc) is 3.13. The Hall–Kier alpha value is -1.50. The van der Waals surface area contributed by atoms with E-state index < -0.39 is 0 Å². The van der Waals surface area contributed by atoms with Crippen molar-refractivity contribution in [3.05, 3.63) is 23.8 Å². The fraction of sp³-hybridized carbons (Fsp3) is 0.533. The Balaban J connectivity index is 0.00000176. The highest BCUT2D eigenvalue weighted by Crippen LogP contribution is 2.32. The van der Waals surface area contributed by atoms with Crippen molar-refractivity contribution < 1.29 is 19.0 Å². The second-order valence-electron chi connectivity index (χ2n) is 5.49. The van der Waals surface area contributed by atoms with Gasteiger partial charge in [0.25, 0.3) is 5.91 Å². The molecule has 1 amide bonds. The lowest BCUT2D eigenvalue weighted by Crippen LogP contribution is -2.52. The van der Waals surface area contributed by atoms with Crippen LogP contribution in [0.25, 0.3) is 0 Å². The summed E-state index contributed by atoms with van der Waals surface area (Å²) in [5.74, 6) is 1.19. The fourth-order valence-electron chi connectivity index (χ4n) is 2.86. The summed E-state index contributed by atoms with van der Waals surface area (Å²) in [6.07, 6.45) is 2.10. The van der Waals surface area contributed by atoms with Gasteiger partial charge in [0.05, 0.1) is 12.1 Å². The molecule has 1 aromatic carbocycles. The van der Waals surface area contributed by atoms with E-state index in [-0.39, 0.29) is 30.6 Å². The summed E-state index contributed by atoms with van der Waals surface area (Å²) in [7, 11) is 1.68. The number of nitrogens with one attached hydrogen (secondary N) is 2. The molecule has 6 nitrogen and oxygen atoms in total. The molecule has 2 N–H and O–H groups in total. The summed E-state index contributed by atoms with van der Waals surface area (Å²) in [5, 5.41) is 6.42. The molecule has 7 heteroatoms. The number of carbonyl (C=O) groups is 1. The maximum absolute atomic E-state index is 12.3. The highest BCUT2D eigenvalue weighted by molar-refractivity contribution is 5.95. The lowest BCUT2D eigenvalue weighted by Gasteiger charge is -2.28. The number of rotatable bonds is 5. The third kappa shape index (κ3) is 3.45. The molecular weight excluding hydrogens is 308 g/mol. The zero-order valence-electron chi connectivity index (χ0n) is 12.5. The van der Waals surface area contributed by atoms with Crippen molar-refractivity contribution in [1.82, 2.24) is 10.6 Å². The predicted molar refractivity (Wildman–Crippen MR) is 84.0 cm³/mol. The molecule has 0 aliphatic carbocycles. The average molecular weight is 329 g/mol. The van der Waals surface area contributed by atoms with Crippen LogP contribution in [0.2, 0.25) is 0 Å². The van der Waals surface area contributed by atoms with Crippen molar-refractivity contribution in [1.29, 1.82) is 0 Å². The summed E-state index contributed by atoms with van der Waals surface area (Å²) in [4.78, 5) is 12.3. The molecule has 1 unspecified atom stereocenters. The molecule has 0 radical (unpaired) electrons. The Morgan fingerprint density at radius 1 is 1.41 bits per heavy atom. The molecule has 1 aromatic rings. The van der Waals surface area contributed by atoms with Gasteiger partial charge in [0.15, 0.2) is 11.5 Å². The van der Waals surface area contributed by atoms with Gasteiger partial charge < -0.3 is 24.8 Å². The van der Waals surface area contributed by atoms with Gasteiger partial charge in [0, 0.05) is 19.2 Å². The molecule has 122 valence electrons. The van der Waals surface area contributed by atoms with Gasteiger partial charge in [-0.15, -0.1) is 12.4 Å². The number of methoxy groups -OCH3 is 1. The molecule has 1 saturated heterocycles. The van der Waals surface area contributed by atoms with Crippen molar-refractivity contribution in [2.24, 2.45) is 0 Å². The first kappa shape index (κ1) is 16.9. The first-order valence-electron chi connectivity index (χ1n) is 7.14. The van der Waals surface area contributed by atoms with Gasteiger partial charge in [0.1, 0.15) is 0 Å². The van der Waals surface area contributed by atoms with Crippen LogP contribution in [-0.4, -0.2) is 45.0 Å². The molecule has 0 bridgehead atoms. The first-order valence-corrected chi connectivity index (χ1v) is 7.14. The topological polar surface area (TPSA) is 68.8 Å². The molecule has 2 aliphatic heterocycles. The van der Waals surface area contributed by atoms with Gasteiger partial charge in [-0.25, -0.2) is 0 Å². The Morgan fingerprint density at radius 3 is 2.95 bits per heavy atom. The number of hydrogen-bond acceptors (Lipinski definition) is 5. The number of hydrogen-bond donors (Lipinski definition) is 2. The number of amides is 1. The molecular formula is C15H21ClN2O4. The second-order valence-corrected chi connectivity index (χ2v) is 5.49. The maximum atomic E-state index is 12.3. The third-order valence-corrected chi connectivity index (χ3v) is 3.97. The Labute approximate surface area is 135 Å². The van der Waals surface area contributed by atoms with Gasteiger partial charge in [-0.3, -0.25) is 4.79 Å². The van der Waals surface area contributed by atoms with Gasteiger partial charge in [0.2, 0.25) is 6.79 Å². The van der Waals surface area contributed by atoms with Crippen molar-refractivity contribution >= 4 is 18.3 Å². The van der Waals surface area contributed by atoms with E-state index >= 15 is 0 Å². The first-order chi connectivity index (χ1) is 10.2. The van der Waals surface area contributed by atoms with Gasteiger partial charge in [-0.1, -0.05) is 0 Å². The second kappa shape index (κ2) is 7.17. The van der Waals surface area contributed by atoms with E-state index in [0.717, 1.165) is 19.4 Å². The van der Waals surface area contributed by atoms with E-state index in [1.807, 2.05) is 0 Å². The number of benzene rings is 1. The molecule has 2 heterocycles. The summed E-state index contributed by atoms with van der Waals surface area (Å²) in [6, 6.07) is 5.21. The molecule has 0 saturated carbocycles. The summed E-state index contributed by atoms with van der Waals surface area (Å²) in [5.41, 5.74) is 0.422. The fourth-order valence-corrected chi connectivity index (χ4v) is 2.86. The summed E-state index contributed by atoms with van der Waals surface area (Å²) in [6.45, 7) is 2.31. The maximum Gasteiger partial charge on any atom is 0.251 e. The van der Waals surface area contributed by atoms with Crippen LogP contribution in [-0.2, 0) is 4.74 Å². The molecule has 2 aliphatic rings.